The van der Waals surface area contributed by atoms with Gasteiger partial charge in [-0.25, -0.2) is 9.97 Å². The molecule has 0 saturated carbocycles. The Morgan fingerprint density at radius 2 is 0.758 bits per heavy atom. The van der Waals surface area contributed by atoms with E-state index in [4.69, 9.17) is 9.97 Å². The fourth-order valence-electron chi connectivity index (χ4n) is 10.8. The molecule has 0 N–H and O–H groups in total. The van der Waals surface area contributed by atoms with Crippen LogP contribution < -0.4 is 0 Å². The van der Waals surface area contributed by atoms with Crippen LogP contribution in [0.5, 0.6) is 0 Å². The summed E-state index contributed by atoms with van der Waals surface area (Å²) in [7, 11) is 0. The fourth-order valence-corrected chi connectivity index (χ4v) is 10.8. The summed E-state index contributed by atoms with van der Waals surface area (Å²) in [6, 6.07) is 83.4. The van der Waals surface area contributed by atoms with Crippen molar-refractivity contribution in [3.8, 4) is 44.9 Å². The first-order chi connectivity index (χ1) is 32.7. The molecule has 14 aromatic rings. The van der Waals surface area contributed by atoms with E-state index in [0.717, 1.165) is 77.2 Å². The molecule has 0 bridgehead atoms. The lowest BCUT2D eigenvalue weighted by Gasteiger charge is -2.18. The van der Waals surface area contributed by atoms with Gasteiger partial charge in [0.2, 0.25) is 0 Å². The summed E-state index contributed by atoms with van der Waals surface area (Å²) in [6.45, 7) is 0. The van der Waals surface area contributed by atoms with Gasteiger partial charge in [-0.05, 0) is 82.1 Å². The number of hydrogen-bond acceptors (Lipinski definition) is 2. The number of pyridine rings is 2. The van der Waals surface area contributed by atoms with Gasteiger partial charge in [0, 0.05) is 60.2 Å². The Morgan fingerprint density at radius 1 is 0.288 bits per heavy atom. The summed E-state index contributed by atoms with van der Waals surface area (Å²) in [4.78, 5) is 10.8. The van der Waals surface area contributed by atoms with E-state index in [1.165, 1.54) is 54.7 Å². The van der Waals surface area contributed by atoms with E-state index in [9.17, 15) is 0 Å². The maximum absolute atomic E-state index is 5.51. The van der Waals surface area contributed by atoms with Crippen LogP contribution in [0, 0.1) is 0 Å². The number of hydrogen-bond donors (Lipinski definition) is 0. The molecular formula is C62H38N4. The third-order valence-corrected chi connectivity index (χ3v) is 13.7. The van der Waals surface area contributed by atoms with Gasteiger partial charge in [0.05, 0.1) is 44.3 Å². The van der Waals surface area contributed by atoms with Crippen LogP contribution in [0.4, 0.5) is 0 Å². The molecule has 0 radical (unpaired) electrons. The lowest BCUT2D eigenvalue weighted by atomic mass is 9.92. The fraction of sp³-hybridized carbons (Fsp3) is 0. The van der Waals surface area contributed by atoms with Crippen LogP contribution >= 0.6 is 0 Å². The van der Waals surface area contributed by atoms with Crippen molar-refractivity contribution in [2.24, 2.45) is 0 Å². The summed E-state index contributed by atoms with van der Waals surface area (Å²) < 4.78 is 4.87. The highest BCUT2D eigenvalue weighted by molar-refractivity contribution is 6.17. The van der Waals surface area contributed by atoms with Gasteiger partial charge in [-0.3, -0.25) is 0 Å². The minimum absolute atomic E-state index is 0.899. The van der Waals surface area contributed by atoms with E-state index in [-0.39, 0.29) is 0 Å². The van der Waals surface area contributed by atoms with E-state index < -0.39 is 0 Å². The monoisotopic (exact) mass is 838 g/mol. The summed E-state index contributed by atoms with van der Waals surface area (Å²) in [5.74, 6) is 0. The quantitative estimate of drug-likeness (QED) is 0.128. The van der Waals surface area contributed by atoms with Crippen molar-refractivity contribution in [3.63, 3.8) is 0 Å². The van der Waals surface area contributed by atoms with E-state index >= 15 is 0 Å². The van der Waals surface area contributed by atoms with Gasteiger partial charge >= 0.3 is 0 Å². The average Bonchev–Trinajstić information content (AvgIpc) is 3.91. The van der Waals surface area contributed by atoms with Crippen LogP contribution in [0.25, 0.3) is 132 Å². The van der Waals surface area contributed by atoms with Gasteiger partial charge in [0.1, 0.15) is 0 Å². The van der Waals surface area contributed by atoms with Crippen molar-refractivity contribution < 1.29 is 0 Å². The zero-order chi connectivity index (χ0) is 43.3. The molecule has 66 heavy (non-hydrogen) atoms. The van der Waals surface area contributed by atoms with Crippen molar-refractivity contribution in [2.75, 3.05) is 0 Å². The molecule has 0 saturated heterocycles. The van der Waals surface area contributed by atoms with E-state index in [1.807, 2.05) is 0 Å². The third-order valence-electron chi connectivity index (χ3n) is 13.7. The summed E-state index contributed by atoms with van der Waals surface area (Å²) in [6.07, 6.45) is 0. The molecule has 0 fully saturated rings. The first kappa shape index (κ1) is 36.6. The van der Waals surface area contributed by atoms with Gasteiger partial charge in [-0.1, -0.05) is 176 Å². The molecule has 0 aliphatic heterocycles. The zero-order valence-electron chi connectivity index (χ0n) is 35.7. The Morgan fingerprint density at radius 3 is 1.35 bits per heavy atom. The molecule has 14 rings (SSSR count). The van der Waals surface area contributed by atoms with Gasteiger partial charge in [0.15, 0.2) is 0 Å². The van der Waals surface area contributed by atoms with Crippen molar-refractivity contribution in [1.29, 1.82) is 0 Å². The molecule has 0 aliphatic rings. The molecule has 0 unspecified atom stereocenters. The number of nitrogens with zero attached hydrogens (tertiary/aromatic N) is 4. The highest BCUT2D eigenvalue weighted by Gasteiger charge is 2.20. The van der Waals surface area contributed by atoms with Crippen LogP contribution in [-0.2, 0) is 0 Å². The van der Waals surface area contributed by atoms with Crippen LogP contribution in [0.15, 0.2) is 231 Å². The number of para-hydroxylation sites is 5. The molecule has 0 atom stereocenters. The predicted octanol–water partition coefficient (Wildman–Crippen LogP) is 16.3. The second-order valence-electron chi connectivity index (χ2n) is 17.3. The average molecular weight is 839 g/mol. The second-order valence-corrected chi connectivity index (χ2v) is 17.3. The van der Waals surface area contributed by atoms with Gasteiger partial charge in [0.25, 0.3) is 0 Å². The topological polar surface area (TPSA) is 35.6 Å². The summed E-state index contributed by atoms with van der Waals surface area (Å²) in [5, 5.41) is 10.6. The van der Waals surface area contributed by atoms with Crippen LogP contribution in [-0.4, -0.2) is 19.1 Å². The van der Waals surface area contributed by atoms with Gasteiger partial charge in [-0.15, -0.1) is 0 Å². The van der Waals surface area contributed by atoms with Gasteiger partial charge < -0.3 is 9.13 Å². The van der Waals surface area contributed by atoms with Crippen molar-refractivity contribution in [3.05, 3.63) is 231 Å². The second kappa shape index (κ2) is 14.3. The van der Waals surface area contributed by atoms with E-state index in [0.29, 0.717) is 0 Å². The van der Waals surface area contributed by atoms with Crippen molar-refractivity contribution in [1.82, 2.24) is 19.1 Å². The molecule has 4 aromatic heterocycles. The van der Waals surface area contributed by atoms with Gasteiger partial charge in [-0.2, -0.15) is 0 Å². The molecule has 0 amide bonds. The molecule has 4 nitrogen and oxygen atoms in total. The first-order valence-electron chi connectivity index (χ1n) is 22.6. The van der Waals surface area contributed by atoms with Crippen molar-refractivity contribution in [2.45, 2.75) is 0 Å². The Bertz CT molecular complexity index is 4050. The summed E-state index contributed by atoms with van der Waals surface area (Å²) >= 11 is 0. The Labute approximate surface area is 379 Å². The predicted molar refractivity (Wildman–Crippen MR) is 277 cm³/mol. The van der Waals surface area contributed by atoms with Crippen LogP contribution in [0.2, 0.25) is 0 Å². The maximum atomic E-state index is 5.51. The third kappa shape index (κ3) is 5.45. The maximum Gasteiger partial charge on any atom is 0.0978 e. The minimum Gasteiger partial charge on any atom is -0.309 e. The zero-order valence-corrected chi connectivity index (χ0v) is 35.7. The lowest BCUT2D eigenvalue weighted by Crippen LogP contribution is -2.00. The number of rotatable bonds is 5. The Kier molecular flexibility index (Phi) is 7.95. The van der Waals surface area contributed by atoms with E-state index in [1.54, 1.807) is 0 Å². The van der Waals surface area contributed by atoms with Crippen LogP contribution in [0.3, 0.4) is 0 Å². The normalized spacial score (nSPS) is 11.9. The smallest absolute Gasteiger partial charge is 0.0978 e. The van der Waals surface area contributed by atoms with E-state index in [2.05, 4.69) is 240 Å². The highest BCUT2D eigenvalue weighted by Crippen LogP contribution is 2.42. The number of aromatic nitrogens is 4. The lowest BCUT2D eigenvalue weighted by molar-refractivity contribution is 1.13. The molecule has 0 spiro atoms. The number of fused-ring (bicyclic) bond motifs is 11. The molecule has 306 valence electrons. The molecule has 0 aliphatic carbocycles. The largest absolute Gasteiger partial charge is 0.309 e. The Balaban J connectivity index is 1.01. The van der Waals surface area contributed by atoms with Crippen LogP contribution in [0.1, 0.15) is 0 Å². The number of benzene rings is 10. The summed E-state index contributed by atoms with van der Waals surface area (Å²) in [5.41, 5.74) is 16.3. The SMILES string of the molecule is c1ccc(-c2c3ccccc3nc3c2ccc2ccc(-c4ccc(-c5cc(-n6c7ccccc7c7ccccc76)cc(-n6c7ccccc7c7ccccc76)c5)c5ccccc45)nc23)cc1. The standard InChI is InChI=1S/C62H38N4/c1-2-16-39(17-3-1)60-52-24-6-11-25-54(52)64-62-53(60)32-30-40-31-35-55(63-61(40)62)47-34-33-44(45-18-4-5-19-46(45)47)41-36-42(65-56-26-12-7-20-48(56)49-21-8-13-27-57(49)65)38-43(37-41)66-58-28-14-9-22-50(58)51-23-10-15-29-59(51)66/h1-38H. The molecular weight excluding hydrogens is 801 g/mol. The molecule has 4 heterocycles. The first-order valence-corrected chi connectivity index (χ1v) is 22.6. The Hall–Kier alpha value is -8.86. The van der Waals surface area contributed by atoms with Crippen molar-refractivity contribution >= 4 is 87.1 Å². The molecule has 10 aromatic carbocycles. The highest BCUT2D eigenvalue weighted by atomic mass is 15.0. The molecule has 4 heteroatoms. The minimum atomic E-state index is 0.899.